The summed E-state index contributed by atoms with van der Waals surface area (Å²) in [5.74, 6) is -0.252. The molecule has 3 aromatic rings. The zero-order valence-corrected chi connectivity index (χ0v) is 14.3. The van der Waals surface area contributed by atoms with Crippen LogP contribution >= 0.6 is 22.9 Å². The first kappa shape index (κ1) is 15.7. The van der Waals surface area contributed by atoms with Gasteiger partial charge in [0.1, 0.15) is 0 Å². The summed E-state index contributed by atoms with van der Waals surface area (Å²) in [6.45, 7) is 4.65. The third-order valence-corrected chi connectivity index (χ3v) is 4.39. The largest absolute Gasteiger partial charge is 0.296 e. The van der Waals surface area contributed by atoms with E-state index in [1.54, 1.807) is 10.7 Å². The van der Waals surface area contributed by atoms with E-state index < -0.39 is 0 Å². The SMILES string of the molecule is CCn1nc(C(=O)Nc2nc(-c3ccc(Cl)cc3)cs2)cc1C. The maximum Gasteiger partial charge on any atom is 0.277 e. The molecule has 1 N–H and O–H groups in total. The maximum atomic E-state index is 12.2. The van der Waals surface area contributed by atoms with Gasteiger partial charge in [-0.15, -0.1) is 11.3 Å². The molecule has 0 bridgehead atoms. The van der Waals surface area contributed by atoms with Crippen LogP contribution in [-0.4, -0.2) is 20.7 Å². The quantitative estimate of drug-likeness (QED) is 0.768. The lowest BCUT2D eigenvalue weighted by Gasteiger charge is -1.99. The first-order valence-corrected chi connectivity index (χ1v) is 8.40. The molecule has 2 heterocycles. The zero-order chi connectivity index (χ0) is 16.4. The van der Waals surface area contributed by atoms with Crippen LogP contribution in [0.25, 0.3) is 11.3 Å². The van der Waals surface area contributed by atoms with Gasteiger partial charge in [-0.1, -0.05) is 23.7 Å². The van der Waals surface area contributed by atoms with Crippen molar-refractivity contribution in [3.8, 4) is 11.3 Å². The molecule has 1 aromatic carbocycles. The van der Waals surface area contributed by atoms with Gasteiger partial charge in [-0.3, -0.25) is 14.8 Å². The molecular formula is C16H15ClN4OS. The molecule has 7 heteroatoms. The van der Waals surface area contributed by atoms with E-state index in [1.165, 1.54) is 11.3 Å². The molecule has 0 aliphatic rings. The molecule has 2 aromatic heterocycles. The summed E-state index contributed by atoms with van der Waals surface area (Å²) in [6.07, 6.45) is 0. The van der Waals surface area contributed by atoms with Crippen LogP contribution in [0, 0.1) is 6.92 Å². The van der Waals surface area contributed by atoms with E-state index in [9.17, 15) is 4.79 Å². The van der Waals surface area contributed by atoms with E-state index in [0.717, 1.165) is 23.5 Å². The molecule has 0 spiro atoms. The van der Waals surface area contributed by atoms with Gasteiger partial charge < -0.3 is 0 Å². The number of carbonyl (C=O) groups is 1. The van der Waals surface area contributed by atoms with E-state index in [2.05, 4.69) is 15.4 Å². The van der Waals surface area contributed by atoms with E-state index in [0.29, 0.717) is 15.8 Å². The molecule has 0 radical (unpaired) electrons. The van der Waals surface area contributed by atoms with Crippen molar-refractivity contribution in [3.05, 3.63) is 52.1 Å². The summed E-state index contributed by atoms with van der Waals surface area (Å²) in [5, 5.41) is 10.2. The molecule has 0 aliphatic heterocycles. The number of nitrogens with one attached hydrogen (secondary N) is 1. The van der Waals surface area contributed by atoms with Crippen molar-refractivity contribution in [2.45, 2.75) is 20.4 Å². The van der Waals surface area contributed by atoms with Crippen LogP contribution in [0.5, 0.6) is 0 Å². The average molecular weight is 347 g/mol. The second-order valence-electron chi connectivity index (χ2n) is 4.99. The molecule has 0 atom stereocenters. The highest BCUT2D eigenvalue weighted by atomic mass is 35.5. The summed E-state index contributed by atoms with van der Waals surface area (Å²) in [7, 11) is 0. The van der Waals surface area contributed by atoms with Crippen LogP contribution in [0.2, 0.25) is 5.02 Å². The van der Waals surface area contributed by atoms with Crippen LogP contribution < -0.4 is 5.32 Å². The monoisotopic (exact) mass is 346 g/mol. The highest BCUT2D eigenvalue weighted by molar-refractivity contribution is 7.14. The van der Waals surface area contributed by atoms with Gasteiger partial charge in [-0.05, 0) is 32.0 Å². The van der Waals surface area contributed by atoms with E-state index in [1.807, 2.05) is 43.5 Å². The van der Waals surface area contributed by atoms with Crippen LogP contribution in [-0.2, 0) is 6.54 Å². The Balaban J connectivity index is 1.75. The van der Waals surface area contributed by atoms with E-state index in [-0.39, 0.29) is 5.91 Å². The maximum absolute atomic E-state index is 12.2. The Kier molecular flexibility index (Phi) is 4.45. The summed E-state index contributed by atoms with van der Waals surface area (Å²) >= 11 is 7.26. The number of hydrogen-bond acceptors (Lipinski definition) is 4. The molecule has 5 nitrogen and oxygen atoms in total. The lowest BCUT2D eigenvalue weighted by molar-refractivity contribution is 0.102. The topological polar surface area (TPSA) is 59.8 Å². The van der Waals surface area contributed by atoms with Crippen LogP contribution in [0.4, 0.5) is 5.13 Å². The number of amides is 1. The Morgan fingerprint density at radius 2 is 2.09 bits per heavy atom. The lowest BCUT2D eigenvalue weighted by atomic mass is 10.2. The highest BCUT2D eigenvalue weighted by Crippen LogP contribution is 2.26. The molecule has 23 heavy (non-hydrogen) atoms. The van der Waals surface area contributed by atoms with E-state index in [4.69, 9.17) is 11.6 Å². The van der Waals surface area contributed by atoms with Gasteiger partial charge in [0.2, 0.25) is 0 Å². The molecule has 118 valence electrons. The van der Waals surface area contributed by atoms with Crippen molar-refractivity contribution in [2.24, 2.45) is 0 Å². The first-order valence-electron chi connectivity index (χ1n) is 7.14. The Morgan fingerprint density at radius 1 is 1.35 bits per heavy atom. The van der Waals surface area contributed by atoms with Crippen molar-refractivity contribution >= 4 is 34.0 Å². The Morgan fingerprint density at radius 3 is 2.74 bits per heavy atom. The number of rotatable bonds is 4. The lowest BCUT2D eigenvalue weighted by Crippen LogP contribution is -2.13. The molecule has 0 fully saturated rings. The minimum absolute atomic E-state index is 0.252. The predicted octanol–water partition coefficient (Wildman–Crippen LogP) is 4.24. The van der Waals surface area contributed by atoms with Crippen molar-refractivity contribution in [1.82, 2.24) is 14.8 Å². The fraction of sp³-hybridized carbons (Fsp3) is 0.188. The third kappa shape index (κ3) is 3.43. The standard InChI is InChI=1S/C16H15ClN4OS/c1-3-21-10(2)8-13(20-21)15(22)19-16-18-14(9-23-16)11-4-6-12(17)7-5-11/h4-9H,3H2,1-2H3,(H,18,19,22). The number of benzene rings is 1. The fourth-order valence-corrected chi connectivity index (χ4v) is 3.03. The molecule has 0 aliphatic carbocycles. The number of carbonyl (C=O) groups excluding carboxylic acids is 1. The molecular weight excluding hydrogens is 332 g/mol. The predicted molar refractivity (Wildman–Crippen MR) is 93.2 cm³/mol. The van der Waals surface area contributed by atoms with Crippen LogP contribution in [0.1, 0.15) is 23.1 Å². The Hall–Kier alpha value is -2.18. The number of thiazole rings is 1. The van der Waals surface area contributed by atoms with Crippen molar-refractivity contribution in [2.75, 3.05) is 5.32 Å². The summed E-state index contributed by atoms with van der Waals surface area (Å²) < 4.78 is 1.79. The minimum atomic E-state index is -0.252. The van der Waals surface area contributed by atoms with Gasteiger partial charge in [-0.2, -0.15) is 5.10 Å². The highest BCUT2D eigenvalue weighted by Gasteiger charge is 2.14. The Labute approximate surface area is 142 Å². The van der Waals surface area contributed by atoms with Gasteiger partial charge in [0.15, 0.2) is 10.8 Å². The van der Waals surface area contributed by atoms with Crippen LogP contribution in [0.3, 0.4) is 0 Å². The summed E-state index contributed by atoms with van der Waals surface area (Å²) in [4.78, 5) is 16.7. The molecule has 1 amide bonds. The average Bonchev–Trinajstić information content (AvgIpc) is 3.14. The van der Waals surface area contributed by atoms with Gasteiger partial charge in [0.05, 0.1) is 5.69 Å². The normalized spacial score (nSPS) is 10.7. The molecule has 0 saturated carbocycles. The molecule has 3 rings (SSSR count). The third-order valence-electron chi connectivity index (χ3n) is 3.38. The van der Waals surface area contributed by atoms with E-state index >= 15 is 0 Å². The summed E-state index contributed by atoms with van der Waals surface area (Å²) in [5.41, 5.74) is 3.11. The number of anilines is 1. The number of aromatic nitrogens is 3. The Bertz CT molecular complexity index is 838. The summed E-state index contributed by atoms with van der Waals surface area (Å²) in [6, 6.07) is 9.19. The number of aryl methyl sites for hydroxylation is 2. The van der Waals surface area contributed by atoms with Crippen molar-refractivity contribution in [1.29, 1.82) is 0 Å². The van der Waals surface area contributed by atoms with Crippen LogP contribution in [0.15, 0.2) is 35.7 Å². The number of nitrogens with zero attached hydrogens (tertiary/aromatic N) is 3. The number of halogens is 1. The fourth-order valence-electron chi connectivity index (χ4n) is 2.19. The van der Waals surface area contributed by atoms with Gasteiger partial charge in [-0.25, -0.2) is 4.98 Å². The van der Waals surface area contributed by atoms with Gasteiger partial charge in [0.25, 0.3) is 5.91 Å². The first-order chi connectivity index (χ1) is 11.1. The zero-order valence-electron chi connectivity index (χ0n) is 12.7. The second-order valence-corrected chi connectivity index (χ2v) is 6.28. The van der Waals surface area contributed by atoms with Crippen molar-refractivity contribution < 1.29 is 4.79 Å². The smallest absolute Gasteiger partial charge is 0.277 e. The van der Waals surface area contributed by atoms with Crippen molar-refractivity contribution in [3.63, 3.8) is 0 Å². The van der Waals surface area contributed by atoms with Gasteiger partial charge >= 0.3 is 0 Å². The molecule has 0 saturated heterocycles. The minimum Gasteiger partial charge on any atom is -0.296 e. The number of hydrogen-bond donors (Lipinski definition) is 1. The second kappa shape index (κ2) is 6.52. The van der Waals surface area contributed by atoms with Gasteiger partial charge in [0, 0.05) is 28.2 Å². The molecule has 0 unspecified atom stereocenters.